The number of aromatic hydroxyl groups is 1. The van der Waals surface area contributed by atoms with E-state index in [9.17, 15) is 14.7 Å². The van der Waals surface area contributed by atoms with Crippen molar-refractivity contribution < 1.29 is 19.1 Å². The second kappa shape index (κ2) is 9.89. The molecule has 8 heteroatoms. The summed E-state index contributed by atoms with van der Waals surface area (Å²) < 4.78 is 6.52. The number of carbonyl (C=O) groups is 2. The molecule has 1 fully saturated rings. The van der Waals surface area contributed by atoms with E-state index in [1.165, 1.54) is 17.0 Å². The van der Waals surface area contributed by atoms with Gasteiger partial charge in [0.2, 0.25) is 0 Å². The maximum Gasteiger partial charge on any atom is 0.342 e. The summed E-state index contributed by atoms with van der Waals surface area (Å²) in [5.74, 6) is -0.0109. The summed E-state index contributed by atoms with van der Waals surface area (Å²) in [6.07, 6.45) is 5.28. The number of carbonyl (C=O) groups excluding carboxylic acids is 2. The molecule has 0 radical (unpaired) electrons. The first-order valence-electron chi connectivity index (χ1n) is 11.7. The Morgan fingerprint density at radius 3 is 2.57 bits per heavy atom. The molecule has 2 amide bonds. The number of rotatable bonds is 7. The van der Waals surface area contributed by atoms with Crippen LogP contribution in [0.2, 0.25) is 0 Å². The van der Waals surface area contributed by atoms with Crippen LogP contribution in [-0.2, 0) is 6.42 Å². The summed E-state index contributed by atoms with van der Waals surface area (Å²) in [5, 5.41) is 20.9. The van der Waals surface area contributed by atoms with E-state index in [0.717, 1.165) is 36.9 Å². The van der Waals surface area contributed by atoms with Crippen molar-refractivity contribution in [1.29, 1.82) is 0 Å². The molecule has 5 rings (SSSR count). The van der Waals surface area contributed by atoms with Gasteiger partial charge in [0.05, 0.1) is 17.7 Å². The fraction of sp³-hybridized carbons (Fsp3) is 0.222. The van der Waals surface area contributed by atoms with Crippen LogP contribution in [-0.4, -0.2) is 33.4 Å². The van der Waals surface area contributed by atoms with Gasteiger partial charge in [-0.2, -0.15) is 9.78 Å². The van der Waals surface area contributed by atoms with Crippen molar-refractivity contribution in [2.45, 2.75) is 31.6 Å². The Kier molecular flexibility index (Phi) is 6.34. The lowest BCUT2D eigenvalue weighted by Gasteiger charge is -2.25. The highest BCUT2D eigenvalue weighted by Gasteiger charge is 2.27. The molecule has 1 aliphatic rings. The fourth-order valence-corrected chi connectivity index (χ4v) is 4.14. The molecular weight excluding hydrogens is 444 g/mol. The first-order valence-corrected chi connectivity index (χ1v) is 11.7. The number of furan rings is 1. The Morgan fingerprint density at radius 2 is 1.89 bits per heavy atom. The molecule has 8 nitrogen and oxygen atoms in total. The minimum absolute atomic E-state index is 0.0449. The van der Waals surface area contributed by atoms with Gasteiger partial charge in [0.25, 0.3) is 5.91 Å². The van der Waals surface area contributed by atoms with E-state index in [1.807, 2.05) is 36.4 Å². The second-order valence-electron chi connectivity index (χ2n) is 8.62. The average molecular weight is 471 g/mol. The zero-order valence-corrected chi connectivity index (χ0v) is 19.1. The lowest BCUT2D eigenvalue weighted by molar-refractivity contribution is 0.0996. The number of phenols is 1. The average Bonchev–Trinajstić information content (AvgIpc) is 3.50. The Bertz CT molecular complexity index is 1320. The zero-order valence-electron chi connectivity index (χ0n) is 19.1. The van der Waals surface area contributed by atoms with Crippen molar-refractivity contribution in [2.75, 3.05) is 11.9 Å². The van der Waals surface area contributed by atoms with Gasteiger partial charge in [-0.25, -0.2) is 4.79 Å². The van der Waals surface area contributed by atoms with Crippen LogP contribution in [0.25, 0.3) is 11.3 Å². The van der Waals surface area contributed by atoms with Gasteiger partial charge in [0.1, 0.15) is 5.75 Å². The van der Waals surface area contributed by atoms with E-state index in [2.05, 4.69) is 15.7 Å². The van der Waals surface area contributed by atoms with Gasteiger partial charge in [-0.1, -0.05) is 36.8 Å². The molecular formula is C27H26N4O4. The van der Waals surface area contributed by atoms with Crippen LogP contribution in [0.3, 0.4) is 0 Å². The van der Waals surface area contributed by atoms with E-state index >= 15 is 0 Å². The molecule has 2 aromatic carbocycles. The molecule has 3 N–H and O–H groups in total. The third-order valence-corrected chi connectivity index (χ3v) is 6.26. The first-order chi connectivity index (χ1) is 17.1. The molecule has 0 saturated heterocycles. The molecule has 2 heterocycles. The maximum atomic E-state index is 13.0. The molecule has 0 bridgehead atoms. The van der Waals surface area contributed by atoms with Crippen LogP contribution in [0.4, 0.5) is 10.5 Å². The number of amides is 2. The van der Waals surface area contributed by atoms with Crippen molar-refractivity contribution in [1.82, 2.24) is 15.1 Å². The normalized spacial score (nSPS) is 13.3. The number of nitrogens with zero attached hydrogens (tertiary/aromatic N) is 2. The number of hydrogen-bond acceptors (Lipinski definition) is 5. The summed E-state index contributed by atoms with van der Waals surface area (Å²) in [5.41, 5.74) is 3.41. The third-order valence-electron chi connectivity index (χ3n) is 6.26. The van der Waals surface area contributed by atoms with Crippen molar-refractivity contribution in [3.63, 3.8) is 0 Å². The van der Waals surface area contributed by atoms with Gasteiger partial charge < -0.3 is 20.2 Å². The standard InChI is InChI=1S/C27H26N4O4/c32-24-16-20(29-26(33)25-10-5-15-35-25)11-12-21(24)22-17-23(19-8-4-9-19)31(30-22)27(34)28-14-13-18-6-2-1-3-7-18/h1-3,5-7,10-12,15-17,19,32H,4,8-9,13-14H2,(H,28,34)(H,29,33). The van der Waals surface area contributed by atoms with Crippen LogP contribution in [0.5, 0.6) is 5.75 Å². The predicted octanol–water partition coefficient (Wildman–Crippen LogP) is 5.17. The molecule has 1 aliphatic carbocycles. The van der Waals surface area contributed by atoms with Crippen LogP contribution >= 0.6 is 0 Å². The highest BCUT2D eigenvalue weighted by Crippen LogP contribution is 2.39. The number of anilines is 1. The smallest absolute Gasteiger partial charge is 0.342 e. The second-order valence-corrected chi connectivity index (χ2v) is 8.62. The first kappa shape index (κ1) is 22.5. The van der Waals surface area contributed by atoms with Gasteiger partial charge in [-0.05, 0) is 55.2 Å². The SMILES string of the molecule is O=C(Nc1ccc(-c2cc(C3CCC3)n(C(=O)NCCc3ccccc3)n2)c(O)c1)c1ccco1. The Labute approximate surface area is 202 Å². The van der Waals surface area contributed by atoms with E-state index in [-0.39, 0.29) is 23.5 Å². The van der Waals surface area contributed by atoms with Gasteiger partial charge in [0.15, 0.2) is 5.76 Å². The van der Waals surface area contributed by atoms with Crippen LogP contribution < -0.4 is 10.6 Å². The van der Waals surface area contributed by atoms with Crippen LogP contribution in [0.15, 0.2) is 77.4 Å². The summed E-state index contributed by atoms with van der Waals surface area (Å²) in [4.78, 5) is 25.2. The summed E-state index contributed by atoms with van der Waals surface area (Å²) in [6.45, 7) is 0.497. The molecule has 2 aromatic heterocycles. The minimum Gasteiger partial charge on any atom is -0.507 e. The molecule has 0 aliphatic heterocycles. The van der Waals surface area contributed by atoms with E-state index < -0.39 is 5.91 Å². The molecule has 0 unspecified atom stereocenters. The summed E-state index contributed by atoms with van der Waals surface area (Å²) in [6, 6.07) is 19.6. The van der Waals surface area contributed by atoms with Crippen molar-refractivity contribution in [3.8, 4) is 17.0 Å². The quantitative estimate of drug-likeness (QED) is 0.345. The van der Waals surface area contributed by atoms with Gasteiger partial charge in [0, 0.05) is 29.8 Å². The Balaban J connectivity index is 1.33. The highest BCUT2D eigenvalue weighted by atomic mass is 16.3. The Hall–Kier alpha value is -4.33. The number of hydrogen-bond donors (Lipinski definition) is 3. The van der Waals surface area contributed by atoms with Gasteiger partial charge >= 0.3 is 6.03 Å². The van der Waals surface area contributed by atoms with Gasteiger partial charge in [-0.3, -0.25) is 4.79 Å². The van der Waals surface area contributed by atoms with Gasteiger partial charge in [-0.15, -0.1) is 0 Å². The number of nitrogens with one attached hydrogen (secondary N) is 2. The molecule has 35 heavy (non-hydrogen) atoms. The Morgan fingerprint density at radius 1 is 1.06 bits per heavy atom. The molecule has 4 aromatic rings. The largest absolute Gasteiger partial charge is 0.507 e. The molecule has 0 atom stereocenters. The van der Waals surface area contributed by atoms with Crippen LogP contribution in [0, 0.1) is 0 Å². The van der Waals surface area contributed by atoms with Crippen LogP contribution in [0.1, 0.15) is 47.0 Å². The number of aromatic nitrogens is 2. The zero-order chi connectivity index (χ0) is 24.2. The number of phenolic OH excluding ortho intramolecular Hbond substituents is 1. The van der Waals surface area contributed by atoms with Crippen molar-refractivity contribution in [2.24, 2.45) is 0 Å². The lowest BCUT2D eigenvalue weighted by atomic mass is 9.82. The number of benzene rings is 2. The fourth-order valence-electron chi connectivity index (χ4n) is 4.14. The molecule has 0 spiro atoms. The van der Waals surface area contributed by atoms with Crippen molar-refractivity contribution in [3.05, 3.63) is 90.0 Å². The third kappa shape index (κ3) is 4.96. The minimum atomic E-state index is -0.411. The lowest BCUT2D eigenvalue weighted by Crippen LogP contribution is -2.33. The monoisotopic (exact) mass is 470 g/mol. The topological polar surface area (TPSA) is 109 Å². The van der Waals surface area contributed by atoms with Crippen molar-refractivity contribution >= 4 is 17.6 Å². The van der Waals surface area contributed by atoms with E-state index in [0.29, 0.717) is 23.5 Å². The van der Waals surface area contributed by atoms with E-state index in [4.69, 9.17) is 4.42 Å². The maximum absolute atomic E-state index is 13.0. The summed E-state index contributed by atoms with van der Waals surface area (Å²) >= 11 is 0. The molecule has 1 saturated carbocycles. The van der Waals surface area contributed by atoms with E-state index in [1.54, 1.807) is 24.3 Å². The highest BCUT2D eigenvalue weighted by molar-refractivity contribution is 6.02. The molecule has 178 valence electrons. The predicted molar refractivity (Wildman–Crippen MR) is 132 cm³/mol. The summed E-state index contributed by atoms with van der Waals surface area (Å²) in [7, 11) is 0.